The van der Waals surface area contributed by atoms with Crippen molar-refractivity contribution in [2.45, 2.75) is 51.1 Å². The summed E-state index contributed by atoms with van der Waals surface area (Å²) in [6, 6.07) is 0.683. The minimum Gasteiger partial charge on any atom is -0.329 e. The first kappa shape index (κ1) is 15.2. The molecule has 0 bridgehead atoms. The fraction of sp³-hybridized carbons (Fsp3) is 1.00. The van der Waals surface area contributed by atoms with E-state index in [9.17, 15) is 0 Å². The Bertz CT molecular complexity index is 267. The second kappa shape index (κ2) is 7.02. The summed E-state index contributed by atoms with van der Waals surface area (Å²) in [4.78, 5) is 5.14. The average Bonchev–Trinajstić information content (AvgIpc) is 2.83. The fourth-order valence-electron chi connectivity index (χ4n) is 3.91. The van der Waals surface area contributed by atoms with Crippen molar-refractivity contribution in [2.24, 2.45) is 5.73 Å². The smallest absolute Gasteiger partial charge is 0.0474 e. The number of piperidine rings is 1. The molecule has 0 amide bonds. The van der Waals surface area contributed by atoms with Crippen molar-refractivity contribution in [1.82, 2.24) is 15.1 Å². The van der Waals surface area contributed by atoms with Crippen molar-refractivity contribution in [3.05, 3.63) is 0 Å². The molecule has 0 aromatic heterocycles. The molecular weight excluding hydrogens is 236 g/mol. The Hall–Kier alpha value is -0.160. The van der Waals surface area contributed by atoms with Crippen molar-refractivity contribution in [1.29, 1.82) is 0 Å². The Morgan fingerprint density at radius 1 is 1.26 bits per heavy atom. The molecule has 2 aliphatic rings. The Balaban J connectivity index is 1.88. The first-order valence-electron chi connectivity index (χ1n) is 8.17. The lowest BCUT2D eigenvalue weighted by molar-refractivity contribution is 0.137. The van der Waals surface area contributed by atoms with Crippen molar-refractivity contribution >= 4 is 0 Å². The number of likely N-dealkylation sites (N-methyl/N-ethyl adjacent to an activating group) is 1. The van der Waals surface area contributed by atoms with E-state index in [0.717, 1.165) is 32.7 Å². The van der Waals surface area contributed by atoms with Gasteiger partial charge >= 0.3 is 0 Å². The third-order valence-electron chi connectivity index (χ3n) is 5.26. The molecule has 0 saturated carbocycles. The van der Waals surface area contributed by atoms with Gasteiger partial charge in [0.1, 0.15) is 0 Å². The largest absolute Gasteiger partial charge is 0.329 e. The number of hydrogen-bond acceptors (Lipinski definition) is 4. The van der Waals surface area contributed by atoms with Gasteiger partial charge in [0.2, 0.25) is 0 Å². The molecule has 4 nitrogen and oxygen atoms in total. The number of nitrogens with one attached hydrogen (secondary N) is 1. The van der Waals surface area contributed by atoms with E-state index in [-0.39, 0.29) is 5.54 Å². The Morgan fingerprint density at radius 3 is 2.74 bits per heavy atom. The topological polar surface area (TPSA) is 44.5 Å². The number of nitrogens with two attached hydrogens (primary N) is 1. The number of rotatable bonds is 7. The summed E-state index contributed by atoms with van der Waals surface area (Å²) in [5, 5.41) is 3.83. The lowest BCUT2D eigenvalue weighted by Crippen LogP contribution is -2.61. The zero-order valence-corrected chi connectivity index (χ0v) is 12.8. The van der Waals surface area contributed by atoms with Crippen LogP contribution in [0.2, 0.25) is 0 Å². The van der Waals surface area contributed by atoms with E-state index in [0.29, 0.717) is 6.04 Å². The Labute approximate surface area is 118 Å². The van der Waals surface area contributed by atoms with Crippen molar-refractivity contribution in [3.8, 4) is 0 Å². The first-order chi connectivity index (χ1) is 9.25. The van der Waals surface area contributed by atoms with Crippen LogP contribution in [0.15, 0.2) is 0 Å². The zero-order chi connectivity index (χ0) is 13.7. The highest BCUT2D eigenvalue weighted by Gasteiger charge is 2.46. The van der Waals surface area contributed by atoms with Crippen molar-refractivity contribution in [3.63, 3.8) is 0 Å². The van der Waals surface area contributed by atoms with Crippen LogP contribution in [0.4, 0.5) is 0 Å². The van der Waals surface area contributed by atoms with Crippen LogP contribution in [0, 0.1) is 0 Å². The zero-order valence-electron chi connectivity index (χ0n) is 12.8. The molecule has 19 heavy (non-hydrogen) atoms. The van der Waals surface area contributed by atoms with E-state index in [2.05, 4.69) is 29.0 Å². The molecular formula is C15H32N4. The number of fused-ring (bicyclic) bond motifs is 1. The Morgan fingerprint density at radius 2 is 2.05 bits per heavy atom. The van der Waals surface area contributed by atoms with Crippen LogP contribution >= 0.6 is 0 Å². The van der Waals surface area contributed by atoms with Gasteiger partial charge in [-0.25, -0.2) is 0 Å². The van der Waals surface area contributed by atoms with Gasteiger partial charge in [0, 0.05) is 37.8 Å². The van der Waals surface area contributed by atoms with Gasteiger partial charge in [-0.2, -0.15) is 0 Å². The maximum absolute atomic E-state index is 6.15. The molecule has 2 saturated heterocycles. The molecule has 0 aliphatic carbocycles. The molecule has 4 heteroatoms. The highest BCUT2D eigenvalue weighted by Crippen LogP contribution is 2.34. The fourth-order valence-corrected chi connectivity index (χ4v) is 3.91. The van der Waals surface area contributed by atoms with Crippen molar-refractivity contribution in [2.75, 3.05) is 45.8 Å². The summed E-state index contributed by atoms with van der Waals surface area (Å²) in [7, 11) is 0. The quantitative estimate of drug-likeness (QED) is 0.719. The van der Waals surface area contributed by atoms with E-state index in [1.807, 2.05) is 0 Å². The maximum Gasteiger partial charge on any atom is 0.0474 e. The third kappa shape index (κ3) is 3.30. The molecule has 2 rings (SSSR count). The first-order valence-corrected chi connectivity index (χ1v) is 8.17. The van der Waals surface area contributed by atoms with E-state index in [1.54, 1.807) is 0 Å². The third-order valence-corrected chi connectivity index (χ3v) is 5.26. The summed E-state index contributed by atoms with van der Waals surface area (Å²) >= 11 is 0. The standard InChI is InChI=1S/C15H32N4/c1-3-18(4-2)12-9-17-15(13-16)8-11-19-10-6-5-7-14(15)19/h14,17H,3-13,16H2,1-2H3. The Kier molecular flexibility index (Phi) is 5.63. The average molecular weight is 268 g/mol. The maximum atomic E-state index is 6.15. The molecule has 0 spiro atoms. The van der Waals surface area contributed by atoms with Crippen LogP contribution in [0.25, 0.3) is 0 Å². The van der Waals surface area contributed by atoms with Crippen LogP contribution in [0.1, 0.15) is 39.5 Å². The van der Waals surface area contributed by atoms with Crippen LogP contribution < -0.4 is 11.1 Å². The highest BCUT2D eigenvalue weighted by molar-refractivity contribution is 5.07. The molecule has 2 fully saturated rings. The number of hydrogen-bond donors (Lipinski definition) is 2. The van der Waals surface area contributed by atoms with Gasteiger partial charge in [-0.05, 0) is 38.9 Å². The predicted octanol–water partition coefficient (Wildman–Crippen LogP) is 0.874. The minimum absolute atomic E-state index is 0.188. The molecule has 3 N–H and O–H groups in total. The normalized spacial score (nSPS) is 31.9. The molecule has 112 valence electrons. The van der Waals surface area contributed by atoms with Gasteiger partial charge in [0.05, 0.1) is 0 Å². The van der Waals surface area contributed by atoms with Gasteiger partial charge in [-0.15, -0.1) is 0 Å². The summed E-state index contributed by atoms with van der Waals surface area (Å²) in [6.07, 6.45) is 5.30. The molecule has 2 unspecified atom stereocenters. The van der Waals surface area contributed by atoms with Gasteiger partial charge in [-0.1, -0.05) is 20.3 Å². The van der Waals surface area contributed by atoms with E-state index in [4.69, 9.17) is 5.73 Å². The van der Waals surface area contributed by atoms with Crippen LogP contribution in [-0.2, 0) is 0 Å². The van der Waals surface area contributed by atoms with Gasteiger partial charge in [0.25, 0.3) is 0 Å². The lowest BCUT2D eigenvalue weighted by atomic mass is 9.85. The van der Waals surface area contributed by atoms with E-state index < -0.39 is 0 Å². The van der Waals surface area contributed by atoms with Crippen molar-refractivity contribution < 1.29 is 0 Å². The molecule has 0 aromatic carbocycles. The SMILES string of the molecule is CCN(CC)CCNC1(CN)CCN2CCCCC21. The monoisotopic (exact) mass is 268 g/mol. The molecule has 2 aliphatic heterocycles. The van der Waals surface area contributed by atoms with Gasteiger partial charge in [-0.3, -0.25) is 4.90 Å². The molecule has 0 aromatic rings. The summed E-state index contributed by atoms with van der Waals surface area (Å²) in [6.45, 7) is 12.3. The molecule has 2 atom stereocenters. The second-order valence-electron chi connectivity index (χ2n) is 6.11. The number of nitrogens with zero attached hydrogens (tertiary/aromatic N) is 2. The highest BCUT2D eigenvalue weighted by atomic mass is 15.3. The van der Waals surface area contributed by atoms with Crippen LogP contribution in [-0.4, -0.2) is 67.2 Å². The van der Waals surface area contributed by atoms with E-state index in [1.165, 1.54) is 38.8 Å². The van der Waals surface area contributed by atoms with Gasteiger partial charge in [0.15, 0.2) is 0 Å². The van der Waals surface area contributed by atoms with E-state index >= 15 is 0 Å². The second-order valence-corrected chi connectivity index (χ2v) is 6.11. The minimum atomic E-state index is 0.188. The molecule has 2 heterocycles. The predicted molar refractivity (Wildman–Crippen MR) is 81.4 cm³/mol. The van der Waals surface area contributed by atoms with Crippen LogP contribution in [0.3, 0.4) is 0 Å². The molecule has 0 radical (unpaired) electrons. The summed E-state index contributed by atoms with van der Waals surface area (Å²) in [5.41, 5.74) is 6.34. The van der Waals surface area contributed by atoms with Crippen LogP contribution in [0.5, 0.6) is 0 Å². The summed E-state index contributed by atoms with van der Waals surface area (Å²) in [5.74, 6) is 0. The summed E-state index contributed by atoms with van der Waals surface area (Å²) < 4.78 is 0. The van der Waals surface area contributed by atoms with Gasteiger partial charge < -0.3 is 16.0 Å². The lowest BCUT2D eigenvalue weighted by Gasteiger charge is -2.41.